The maximum Gasteiger partial charge on any atom is 0.244 e. The number of hydrogen-bond donors (Lipinski definition) is 1. The molecule has 2 aromatic carbocycles. The molecular weight excluding hydrogens is 442 g/mol. The van der Waals surface area contributed by atoms with Crippen LogP contribution in [0.25, 0.3) is 6.08 Å². The highest BCUT2D eigenvalue weighted by atomic mass is 35.5. The first-order valence-corrected chi connectivity index (χ1v) is 11.7. The third kappa shape index (κ3) is 6.42. The number of halogens is 1. The van der Waals surface area contributed by atoms with Crippen LogP contribution in [0.4, 0.5) is 0 Å². The van der Waals surface area contributed by atoms with E-state index in [1.54, 1.807) is 25.3 Å². The Morgan fingerprint density at radius 1 is 1.12 bits per heavy atom. The highest BCUT2D eigenvalue weighted by Crippen LogP contribution is 2.37. The van der Waals surface area contributed by atoms with Crippen molar-refractivity contribution in [3.8, 4) is 17.2 Å². The maximum absolute atomic E-state index is 12.7. The third-order valence-corrected chi connectivity index (χ3v) is 6.07. The number of carbonyl (C=O) groups excluding carboxylic acids is 1. The second-order valence-electron chi connectivity index (χ2n) is 7.87. The molecule has 1 heterocycles. The predicted molar refractivity (Wildman–Crippen MR) is 131 cm³/mol. The van der Waals surface area contributed by atoms with Crippen LogP contribution in [0.3, 0.4) is 0 Å². The molecule has 1 aliphatic rings. The van der Waals surface area contributed by atoms with Crippen LogP contribution >= 0.6 is 11.6 Å². The van der Waals surface area contributed by atoms with E-state index < -0.39 is 0 Å². The van der Waals surface area contributed by atoms with Gasteiger partial charge in [0.25, 0.3) is 0 Å². The van der Waals surface area contributed by atoms with Gasteiger partial charge in [-0.05, 0) is 68.2 Å². The van der Waals surface area contributed by atoms with E-state index in [1.807, 2.05) is 26.0 Å². The summed E-state index contributed by atoms with van der Waals surface area (Å²) < 4.78 is 22.1. The lowest BCUT2D eigenvalue weighted by Gasteiger charge is -2.38. The van der Waals surface area contributed by atoms with Gasteiger partial charge in [-0.3, -0.25) is 4.79 Å². The van der Waals surface area contributed by atoms with Crippen molar-refractivity contribution in [2.24, 2.45) is 0 Å². The van der Waals surface area contributed by atoms with Gasteiger partial charge in [0.2, 0.25) is 5.91 Å². The average Bonchev–Trinajstić information content (AvgIpc) is 2.83. The molecule has 0 radical (unpaired) electrons. The zero-order valence-corrected chi connectivity index (χ0v) is 20.2. The summed E-state index contributed by atoms with van der Waals surface area (Å²) in [4.78, 5) is 12.7. The lowest BCUT2D eigenvalue weighted by atomic mass is 9.74. The standard InChI is InChI=1S/C26H32ClNO5/c1-4-32-21-9-7-20(8-10-21)26(12-14-31-15-13-26)18-28-24(29)11-6-19-16-22(27)25(30-3)23(17-19)33-5-2/h6-11,16-17H,4-5,12-15,18H2,1-3H3,(H,28,29)/b11-6+. The molecular formula is C26H32ClNO5. The third-order valence-electron chi connectivity index (χ3n) is 5.79. The molecule has 3 rings (SSSR count). The molecule has 6 nitrogen and oxygen atoms in total. The van der Waals surface area contributed by atoms with E-state index >= 15 is 0 Å². The molecule has 7 heteroatoms. The maximum atomic E-state index is 12.7. The number of amides is 1. The van der Waals surface area contributed by atoms with Crippen molar-refractivity contribution < 1.29 is 23.7 Å². The minimum absolute atomic E-state index is 0.169. The van der Waals surface area contributed by atoms with Crippen molar-refractivity contribution in [3.63, 3.8) is 0 Å². The van der Waals surface area contributed by atoms with Crippen LogP contribution in [0.1, 0.15) is 37.8 Å². The Bertz CT molecular complexity index is 952. The van der Waals surface area contributed by atoms with Crippen LogP contribution in [0.5, 0.6) is 17.2 Å². The van der Waals surface area contributed by atoms with Gasteiger partial charge in [0.15, 0.2) is 11.5 Å². The van der Waals surface area contributed by atoms with Gasteiger partial charge in [-0.1, -0.05) is 23.7 Å². The Hall–Kier alpha value is -2.70. The second kappa shape index (κ2) is 12.0. The SMILES string of the molecule is CCOc1ccc(C2(CNC(=O)/C=C/c3cc(Cl)c(OC)c(OCC)c3)CCOCC2)cc1. The van der Waals surface area contributed by atoms with Crippen LogP contribution in [-0.4, -0.2) is 46.0 Å². The van der Waals surface area contributed by atoms with Crippen LogP contribution in [-0.2, 0) is 14.9 Å². The Morgan fingerprint density at radius 3 is 2.45 bits per heavy atom. The van der Waals surface area contributed by atoms with Crippen LogP contribution in [0, 0.1) is 0 Å². The molecule has 33 heavy (non-hydrogen) atoms. The summed E-state index contributed by atoms with van der Waals surface area (Å²) in [5, 5.41) is 3.51. The Morgan fingerprint density at radius 2 is 1.82 bits per heavy atom. The molecule has 1 aliphatic heterocycles. The van der Waals surface area contributed by atoms with Crippen LogP contribution in [0.2, 0.25) is 5.02 Å². The normalized spacial score (nSPS) is 15.3. The van der Waals surface area contributed by atoms with E-state index in [2.05, 4.69) is 17.4 Å². The highest BCUT2D eigenvalue weighted by molar-refractivity contribution is 6.32. The lowest BCUT2D eigenvalue weighted by Crippen LogP contribution is -2.44. The zero-order chi connectivity index (χ0) is 23.7. The summed E-state index contributed by atoms with van der Waals surface area (Å²) in [6.07, 6.45) is 4.92. The van der Waals surface area contributed by atoms with Gasteiger partial charge >= 0.3 is 0 Å². The number of rotatable bonds is 10. The van der Waals surface area contributed by atoms with Crippen molar-refractivity contribution in [2.75, 3.05) is 40.1 Å². The molecule has 0 atom stereocenters. The van der Waals surface area contributed by atoms with Crippen molar-refractivity contribution in [3.05, 3.63) is 58.6 Å². The van der Waals surface area contributed by atoms with Crippen molar-refractivity contribution in [1.82, 2.24) is 5.32 Å². The van der Waals surface area contributed by atoms with E-state index in [0.717, 1.165) is 24.2 Å². The highest BCUT2D eigenvalue weighted by Gasteiger charge is 2.34. The van der Waals surface area contributed by atoms with Gasteiger partial charge in [-0.15, -0.1) is 0 Å². The van der Waals surface area contributed by atoms with Gasteiger partial charge < -0.3 is 24.3 Å². The summed E-state index contributed by atoms with van der Waals surface area (Å²) in [5.74, 6) is 1.71. The topological polar surface area (TPSA) is 66.0 Å². The summed E-state index contributed by atoms with van der Waals surface area (Å²) in [7, 11) is 1.54. The Balaban J connectivity index is 1.70. The number of benzene rings is 2. The first kappa shape index (κ1) is 24.9. The van der Waals surface area contributed by atoms with Crippen LogP contribution in [0.15, 0.2) is 42.5 Å². The fourth-order valence-corrected chi connectivity index (χ4v) is 4.33. The first-order valence-electron chi connectivity index (χ1n) is 11.3. The monoisotopic (exact) mass is 473 g/mol. The van der Waals surface area contributed by atoms with Gasteiger partial charge in [0.1, 0.15) is 5.75 Å². The summed E-state index contributed by atoms with van der Waals surface area (Å²) in [5.41, 5.74) is 1.77. The molecule has 0 saturated carbocycles. The van der Waals surface area contributed by atoms with E-state index in [-0.39, 0.29) is 11.3 Å². The smallest absolute Gasteiger partial charge is 0.244 e. The average molecular weight is 474 g/mol. The molecule has 1 fully saturated rings. The van der Waals surface area contributed by atoms with Gasteiger partial charge in [0, 0.05) is 31.2 Å². The molecule has 0 unspecified atom stereocenters. The fraction of sp³-hybridized carbons (Fsp3) is 0.423. The van der Waals surface area contributed by atoms with Gasteiger partial charge in [0.05, 0.1) is 25.3 Å². The Labute approximate surface area is 200 Å². The molecule has 1 N–H and O–H groups in total. The van der Waals surface area contributed by atoms with E-state index in [4.69, 9.17) is 30.5 Å². The quantitative estimate of drug-likeness (QED) is 0.490. The molecule has 178 valence electrons. The summed E-state index contributed by atoms with van der Waals surface area (Å²) in [6.45, 7) is 6.84. The van der Waals surface area contributed by atoms with Gasteiger partial charge in [-0.2, -0.15) is 0 Å². The number of ether oxygens (including phenoxy) is 4. The molecule has 0 aromatic heterocycles. The number of carbonyl (C=O) groups is 1. The largest absolute Gasteiger partial charge is 0.494 e. The minimum atomic E-state index is -0.170. The van der Waals surface area contributed by atoms with Crippen molar-refractivity contribution in [1.29, 1.82) is 0 Å². The molecule has 0 spiro atoms. The summed E-state index contributed by atoms with van der Waals surface area (Å²) >= 11 is 6.31. The van der Waals surface area contributed by atoms with E-state index in [0.29, 0.717) is 49.5 Å². The number of hydrogen-bond acceptors (Lipinski definition) is 5. The predicted octanol–water partition coefficient (Wildman–Crippen LogP) is 5.02. The van der Waals surface area contributed by atoms with E-state index in [9.17, 15) is 4.79 Å². The summed E-state index contributed by atoms with van der Waals surface area (Å²) in [6, 6.07) is 11.7. The number of methoxy groups -OCH3 is 1. The molecule has 1 amide bonds. The van der Waals surface area contributed by atoms with Crippen LogP contribution < -0.4 is 19.5 Å². The second-order valence-corrected chi connectivity index (χ2v) is 8.28. The van der Waals surface area contributed by atoms with Crippen molar-refractivity contribution >= 4 is 23.6 Å². The molecule has 1 saturated heterocycles. The van der Waals surface area contributed by atoms with Crippen molar-refractivity contribution in [2.45, 2.75) is 32.1 Å². The fourth-order valence-electron chi connectivity index (χ4n) is 4.03. The van der Waals surface area contributed by atoms with E-state index in [1.165, 1.54) is 11.6 Å². The number of nitrogens with one attached hydrogen (secondary N) is 1. The lowest BCUT2D eigenvalue weighted by molar-refractivity contribution is -0.116. The zero-order valence-electron chi connectivity index (χ0n) is 19.5. The minimum Gasteiger partial charge on any atom is -0.494 e. The first-order chi connectivity index (χ1) is 16.0. The van der Waals surface area contributed by atoms with Gasteiger partial charge in [-0.25, -0.2) is 0 Å². The Kier molecular flexibility index (Phi) is 9.03. The molecule has 0 aliphatic carbocycles. The molecule has 0 bridgehead atoms. The molecule has 2 aromatic rings.